The first kappa shape index (κ1) is 26.5. The molecule has 7 nitrogen and oxygen atoms in total. The van der Waals surface area contributed by atoms with Crippen LogP contribution in [0.5, 0.6) is 0 Å². The summed E-state index contributed by atoms with van der Waals surface area (Å²) in [7, 11) is 4.36. The third kappa shape index (κ3) is 5.32. The number of carbonyl (C=O) groups is 2. The van der Waals surface area contributed by atoms with Crippen molar-refractivity contribution < 1.29 is 31.6 Å². The fourth-order valence-electron chi connectivity index (χ4n) is 3.35. The number of allylic oxidation sites excluding steroid dienone is 1. The number of hydrogen-bond donors (Lipinski definition) is 2. The summed E-state index contributed by atoms with van der Waals surface area (Å²) in [6, 6.07) is -0.579. The molecule has 27 heavy (non-hydrogen) atoms. The van der Waals surface area contributed by atoms with Gasteiger partial charge in [0.15, 0.2) is 0 Å². The van der Waals surface area contributed by atoms with Crippen LogP contribution in [0.25, 0.3) is 0 Å². The van der Waals surface area contributed by atoms with E-state index >= 15 is 0 Å². The number of quaternary nitrogens is 1. The Morgan fingerprint density at radius 1 is 1.37 bits per heavy atom. The Kier molecular flexibility index (Phi) is 10.2. The number of fused-ring (bicyclic) bond motifs is 1. The molecule has 0 aromatic heterocycles. The molecule has 2 saturated heterocycles. The van der Waals surface area contributed by atoms with E-state index in [1.807, 2.05) is 6.08 Å². The SMILES string of the molecule is CN1CC[N+](C)(CC=CC2=C(C(=O)O)N3C(=O)[C@@H](N)[C@H]3SC2)CC1.Cl.Cl.[Cl-]. The first-order chi connectivity index (χ1) is 11.3. The van der Waals surface area contributed by atoms with Crippen molar-refractivity contribution >= 4 is 48.5 Å². The highest BCUT2D eigenvalue weighted by molar-refractivity contribution is 8.00. The maximum Gasteiger partial charge on any atom is 0.352 e. The summed E-state index contributed by atoms with van der Waals surface area (Å²) in [6.07, 6.45) is 3.93. The van der Waals surface area contributed by atoms with E-state index in [1.165, 1.54) is 16.7 Å². The van der Waals surface area contributed by atoms with E-state index in [1.54, 1.807) is 0 Å². The van der Waals surface area contributed by atoms with Crippen LogP contribution in [0.1, 0.15) is 0 Å². The molecule has 156 valence electrons. The number of halogens is 3. The van der Waals surface area contributed by atoms with Crippen LogP contribution in [0.15, 0.2) is 23.4 Å². The summed E-state index contributed by atoms with van der Waals surface area (Å²) >= 11 is 1.54. The Morgan fingerprint density at radius 2 is 1.96 bits per heavy atom. The Labute approximate surface area is 182 Å². The zero-order valence-corrected chi connectivity index (χ0v) is 18.5. The van der Waals surface area contributed by atoms with Gasteiger partial charge in [-0.05, 0) is 18.7 Å². The van der Waals surface area contributed by atoms with E-state index in [0.717, 1.165) is 37.2 Å². The molecule has 0 saturated carbocycles. The highest BCUT2D eigenvalue weighted by atomic mass is 35.5. The number of rotatable bonds is 4. The molecule has 0 spiro atoms. The second kappa shape index (κ2) is 10.3. The Hall–Kier alpha value is -0.480. The molecule has 2 fully saturated rings. The fraction of sp³-hybridized carbons (Fsp3) is 0.625. The molecule has 0 aromatic rings. The van der Waals surface area contributed by atoms with E-state index in [4.69, 9.17) is 5.73 Å². The van der Waals surface area contributed by atoms with Gasteiger partial charge in [0.1, 0.15) is 17.1 Å². The van der Waals surface area contributed by atoms with Crippen LogP contribution in [0.3, 0.4) is 0 Å². The summed E-state index contributed by atoms with van der Waals surface area (Å²) in [5.74, 6) is -0.777. The lowest BCUT2D eigenvalue weighted by Crippen LogP contribution is -3.00. The van der Waals surface area contributed by atoms with Crippen LogP contribution in [-0.2, 0) is 9.59 Å². The number of nitrogens with two attached hydrogens (primary N) is 1. The third-order valence-electron chi connectivity index (χ3n) is 5.15. The Bertz CT molecular complexity index is 624. The van der Waals surface area contributed by atoms with E-state index in [0.29, 0.717) is 11.3 Å². The molecule has 3 rings (SSSR count). The van der Waals surface area contributed by atoms with Gasteiger partial charge in [-0.2, -0.15) is 0 Å². The lowest BCUT2D eigenvalue weighted by atomic mass is 10.0. The van der Waals surface area contributed by atoms with Crippen LogP contribution in [0, 0.1) is 0 Å². The van der Waals surface area contributed by atoms with E-state index in [2.05, 4.69) is 25.1 Å². The van der Waals surface area contributed by atoms with E-state index < -0.39 is 12.0 Å². The molecule has 3 aliphatic rings. The van der Waals surface area contributed by atoms with Gasteiger partial charge in [-0.15, -0.1) is 36.6 Å². The first-order valence-electron chi connectivity index (χ1n) is 8.18. The molecular formula is C16H27Cl3N4O3S. The van der Waals surface area contributed by atoms with Gasteiger partial charge in [-0.1, -0.05) is 6.08 Å². The predicted molar refractivity (Wildman–Crippen MR) is 108 cm³/mol. The van der Waals surface area contributed by atoms with Crippen molar-refractivity contribution in [2.75, 3.05) is 52.6 Å². The molecule has 0 bridgehead atoms. The highest BCUT2D eigenvalue weighted by Gasteiger charge is 2.51. The normalized spacial score (nSPS) is 27.1. The van der Waals surface area contributed by atoms with Crippen LogP contribution in [0.4, 0.5) is 0 Å². The number of nitrogens with zero attached hydrogens (tertiary/aromatic N) is 3. The van der Waals surface area contributed by atoms with E-state index in [-0.39, 0.29) is 54.2 Å². The first-order valence-corrected chi connectivity index (χ1v) is 9.23. The molecule has 3 N–H and O–H groups in total. The number of carbonyl (C=O) groups excluding carboxylic acids is 1. The molecule has 0 unspecified atom stereocenters. The smallest absolute Gasteiger partial charge is 0.352 e. The van der Waals surface area contributed by atoms with Crippen molar-refractivity contribution in [3.63, 3.8) is 0 Å². The number of likely N-dealkylation sites (N-methyl/N-ethyl adjacent to an activating group) is 2. The molecule has 1 amide bonds. The van der Waals surface area contributed by atoms with Gasteiger partial charge in [0.25, 0.3) is 0 Å². The molecule has 11 heteroatoms. The van der Waals surface area contributed by atoms with Crippen LogP contribution in [0.2, 0.25) is 0 Å². The maximum atomic E-state index is 11.9. The number of carboxylic acid groups (broad SMARTS) is 1. The molecule has 0 aliphatic carbocycles. The Balaban J connectivity index is 0.00000225. The van der Waals surface area contributed by atoms with Gasteiger partial charge in [-0.3, -0.25) is 14.6 Å². The maximum absolute atomic E-state index is 11.9. The molecule has 3 aliphatic heterocycles. The predicted octanol–water partition coefficient (Wildman–Crippen LogP) is -2.64. The number of thioether (sulfide) groups is 1. The summed E-state index contributed by atoms with van der Waals surface area (Å²) < 4.78 is 0.958. The molecular weight excluding hydrogens is 435 g/mol. The molecule has 2 atom stereocenters. The number of amides is 1. The topological polar surface area (TPSA) is 86.9 Å². The number of β-lactam (4-membered cyclic amide) rings is 1. The number of hydrogen-bond acceptors (Lipinski definition) is 5. The summed E-state index contributed by atoms with van der Waals surface area (Å²) in [6.45, 7) is 5.19. The molecule has 0 aromatic carbocycles. The molecule has 0 radical (unpaired) electrons. The second-order valence-electron chi connectivity index (χ2n) is 7.07. The minimum atomic E-state index is -1.06. The minimum Gasteiger partial charge on any atom is -1.00 e. The average Bonchev–Trinajstić information content (AvgIpc) is 2.56. The second-order valence-corrected chi connectivity index (χ2v) is 8.17. The van der Waals surface area contributed by atoms with Gasteiger partial charge in [-0.25, -0.2) is 4.79 Å². The van der Waals surface area contributed by atoms with Crippen molar-refractivity contribution in [3.05, 3.63) is 23.4 Å². The average molecular weight is 462 g/mol. The van der Waals surface area contributed by atoms with Crippen molar-refractivity contribution in [1.82, 2.24) is 9.80 Å². The van der Waals surface area contributed by atoms with Crippen LogP contribution in [-0.4, -0.2) is 95.3 Å². The van der Waals surface area contributed by atoms with Crippen molar-refractivity contribution in [2.24, 2.45) is 5.73 Å². The number of piperazine rings is 1. The Morgan fingerprint density at radius 3 is 2.52 bits per heavy atom. The van der Waals surface area contributed by atoms with Crippen molar-refractivity contribution in [1.29, 1.82) is 0 Å². The van der Waals surface area contributed by atoms with Crippen molar-refractivity contribution in [3.8, 4) is 0 Å². The van der Waals surface area contributed by atoms with Gasteiger partial charge >= 0.3 is 5.97 Å². The van der Waals surface area contributed by atoms with E-state index in [9.17, 15) is 14.7 Å². The highest BCUT2D eigenvalue weighted by Crippen LogP contribution is 2.39. The largest absolute Gasteiger partial charge is 1.00 e. The van der Waals surface area contributed by atoms with Crippen LogP contribution >= 0.6 is 36.6 Å². The van der Waals surface area contributed by atoms with Crippen molar-refractivity contribution in [2.45, 2.75) is 11.4 Å². The lowest BCUT2D eigenvalue weighted by molar-refractivity contribution is -0.908. The standard InChI is InChI=1S/C16H24N4O3S.3ClH/c1-18-5-8-20(2,9-6-18)7-3-4-11-10-24-15-12(17)14(21)19(15)13(11)16(22)23;;;/h3-4,12,15H,5-10,17H2,1-2H3;3*1H/t12-,15-;;;/m1.../s1. The van der Waals surface area contributed by atoms with Gasteiger partial charge in [0.2, 0.25) is 5.91 Å². The summed E-state index contributed by atoms with van der Waals surface area (Å²) in [5, 5.41) is 9.28. The monoisotopic (exact) mass is 460 g/mol. The quantitative estimate of drug-likeness (QED) is 0.352. The van der Waals surface area contributed by atoms with Gasteiger partial charge < -0.3 is 27.7 Å². The van der Waals surface area contributed by atoms with Crippen LogP contribution < -0.4 is 18.1 Å². The summed E-state index contributed by atoms with van der Waals surface area (Å²) in [4.78, 5) is 27.2. The number of aliphatic carboxylic acids is 1. The zero-order valence-electron chi connectivity index (χ0n) is 15.3. The number of carboxylic acids is 1. The zero-order chi connectivity index (χ0) is 17.5. The summed E-state index contributed by atoms with van der Waals surface area (Å²) in [5.41, 5.74) is 6.56. The third-order valence-corrected chi connectivity index (χ3v) is 6.47. The molecule has 3 heterocycles. The van der Waals surface area contributed by atoms with Gasteiger partial charge in [0.05, 0.1) is 26.7 Å². The minimum absolute atomic E-state index is 0. The van der Waals surface area contributed by atoms with Gasteiger partial charge in [0, 0.05) is 18.8 Å². The lowest BCUT2D eigenvalue weighted by Gasteiger charge is -2.47. The fourth-order valence-corrected chi connectivity index (χ4v) is 4.61.